The molecule has 0 spiro atoms. The highest BCUT2D eigenvalue weighted by Gasteiger charge is 2.39. The fourth-order valence-corrected chi connectivity index (χ4v) is 17.0. The van der Waals surface area contributed by atoms with E-state index in [0.717, 1.165) is 81.6 Å². The first kappa shape index (κ1) is 40.9. The first-order valence-corrected chi connectivity index (χ1v) is 27.3. The molecule has 0 saturated heterocycles. The summed E-state index contributed by atoms with van der Waals surface area (Å²) in [5, 5.41) is 12.2. The molecule has 0 aliphatic carbocycles. The van der Waals surface area contributed by atoms with Crippen LogP contribution in [0.3, 0.4) is 0 Å². The maximum absolute atomic E-state index is 16.5. The third kappa shape index (κ3) is 5.73. The lowest BCUT2D eigenvalue weighted by Crippen LogP contribution is -2.30. The molecule has 15 aromatic rings. The van der Waals surface area contributed by atoms with Crippen molar-refractivity contribution in [1.29, 1.82) is 0 Å². The van der Waals surface area contributed by atoms with E-state index in [1.807, 2.05) is 30.3 Å². The van der Waals surface area contributed by atoms with Crippen molar-refractivity contribution in [2.24, 2.45) is 0 Å². The summed E-state index contributed by atoms with van der Waals surface area (Å²) in [7, 11) is -3.36. The number of aromatic nitrogens is 4. The molecule has 0 fully saturated rings. The van der Waals surface area contributed by atoms with Gasteiger partial charge in [-0.1, -0.05) is 151 Å². The molecule has 7 heteroatoms. The second-order valence-electron chi connectivity index (χ2n) is 19.2. The molecule has 0 amide bonds. The molecule has 342 valence electrons. The van der Waals surface area contributed by atoms with Crippen LogP contribution in [0.5, 0.6) is 0 Å². The second kappa shape index (κ2) is 15.4. The molecule has 0 radical (unpaired) electrons. The maximum Gasteiger partial charge on any atom is 0.173 e. The minimum atomic E-state index is -3.36. The van der Waals surface area contributed by atoms with Gasteiger partial charge < -0.3 is 22.8 Å². The van der Waals surface area contributed by atoms with Crippen LogP contribution in [-0.4, -0.2) is 18.3 Å². The topological polar surface area (TPSA) is 36.8 Å². The van der Waals surface area contributed by atoms with E-state index < -0.39 is 7.14 Å². The molecule has 0 bridgehead atoms. The normalized spacial score (nSPS) is 13.3. The zero-order valence-corrected chi connectivity index (χ0v) is 40.9. The first-order valence-electron chi connectivity index (χ1n) is 24.8. The number of para-hydroxylation sites is 6. The average molecular weight is 969 g/mol. The number of hydrogen-bond acceptors (Lipinski definition) is 2. The summed E-state index contributed by atoms with van der Waals surface area (Å²) < 4.78 is 26.1. The van der Waals surface area contributed by atoms with Gasteiger partial charge in [0.1, 0.15) is 0 Å². The minimum Gasteiger partial charge on any atom is -0.309 e. The van der Waals surface area contributed by atoms with Gasteiger partial charge in [0.05, 0.1) is 44.1 Å². The van der Waals surface area contributed by atoms with E-state index in [9.17, 15) is 0 Å². The molecule has 0 N–H and O–H groups in total. The Morgan fingerprint density at radius 2 is 0.575 bits per heavy atom. The highest BCUT2D eigenvalue weighted by molar-refractivity contribution is 8.02. The fourth-order valence-electron chi connectivity index (χ4n) is 12.3. The summed E-state index contributed by atoms with van der Waals surface area (Å²) in [6.45, 7) is 0. The number of fused-ring (bicyclic) bond motifs is 14. The van der Waals surface area contributed by atoms with Gasteiger partial charge in [-0.25, -0.2) is 0 Å². The predicted octanol–water partition coefficient (Wildman–Crippen LogP) is 16.2. The lowest BCUT2D eigenvalue weighted by Gasteiger charge is -2.30. The molecule has 16 rings (SSSR count). The predicted molar refractivity (Wildman–Crippen MR) is 307 cm³/mol. The smallest absolute Gasteiger partial charge is 0.173 e. The largest absolute Gasteiger partial charge is 0.309 e. The van der Waals surface area contributed by atoms with Crippen molar-refractivity contribution < 1.29 is 4.57 Å². The van der Waals surface area contributed by atoms with Gasteiger partial charge in [-0.05, 0) is 109 Å². The Morgan fingerprint density at radius 3 is 0.945 bits per heavy atom. The molecule has 5 nitrogen and oxygen atoms in total. The SMILES string of the molecule is O=P1(c2ccccc2)c2ccc(-n3c4ccccc4c4cc5c6ccccc6n(-c6ccccc6)c5cc43)cc2Sc2cc(-n3c4ccccc4c4cc5c6ccccc6n(-c6ccccc6)c5cc43)ccc21. The number of nitrogens with zero attached hydrogens (tertiary/aromatic N) is 4. The van der Waals surface area contributed by atoms with Crippen molar-refractivity contribution in [1.82, 2.24) is 18.3 Å². The molecule has 1 aliphatic heterocycles. The van der Waals surface area contributed by atoms with Crippen LogP contribution in [0, 0.1) is 0 Å². The zero-order chi connectivity index (χ0) is 47.9. The van der Waals surface area contributed by atoms with Crippen molar-refractivity contribution >= 4 is 122 Å². The summed E-state index contributed by atoms with van der Waals surface area (Å²) in [4.78, 5) is 1.99. The monoisotopic (exact) mass is 968 g/mol. The van der Waals surface area contributed by atoms with Gasteiger partial charge in [-0.3, -0.25) is 0 Å². The summed E-state index contributed by atoms with van der Waals surface area (Å²) in [6.07, 6.45) is 0. The van der Waals surface area contributed by atoms with E-state index in [4.69, 9.17) is 0 Å². The lowest BCUT2D eigenvalue weighted by molar-refractivity contribution is 0.591. The molecule has 73 heavy (non-hydrogen) atoms. The number of rotatable bonds is 5. The third-order valence-corrected chi connectivity index (χ3v) is 20.0. The van der Waals surface area contributed by atoms with Crippen molar-refractivity contribution in [2.45, 2.75) is 9.79 Å². The Hall–Kier alpha value is -8.80. The van der Waals surface area contributed by atoms with Crippen molar-refractivity contribution in [3.8, 4) is 22.7 Å². The third-order valence-electron chi connectivity index (χ3n) is 15.4. The Morgan fingerprint density at radius 1 is 0.260 bits per heavy atom. The molecule has 0 unspecified atom stereocenters. The molecule has 4 aromatic heterocycles. The van der Waals surface area contributed by atoms with Crippen LogP contribution in [0.25, 0.3) is 110 Å². The summed E-state index contributed by atoms with van der Waals surface area (Å²) in [5.41, 5.74) is 13.5. The van der Waals surface area contributed by atoms with Gasteiger partial charge >= 0.3 is 0 Å². The minimum absolute atomic E-state index is 0.833. The molecule has 1 aliphatic rings. The van der Waals surface area contributed by atoms with Crippen LogP contribution in [0.15, 0.2) is 259 Å². The Bertz CT molecular complexity index is 4570. The van der Waals surface area contributed by atoms with Gasteiger partial charge in [-0.2, -0.15) is 0 Å². The van der Waals surface area contributed by atoms with Gasteiger partial charge in [0.2, 0.25) is 0 Å². The van der Waals surface area contributed by atoms with Crippen LogP contribution in [0.2, 0.25) is 0 Å². The quantitative estimate of drug-likeness (QED) is 0.161. The fraction of sp³-hybridized carbons (Fsp3) is 0. The van der Waals surface area contributed by atoms with Gasteiger partial charge in [0, 0.05) is 91.5 Å². The van der Waals surface area contributed by atoms with Crippen LogP contribution in [-0.2, 0) is 4.57 Å². The first-order chi connectivity index (χ1) is 36.1. The van der Waals surface area contributed by atoms with Crippen LogP contribution >= 0.6 is 18.9 Å². The van der Waals surface area contributed by atoms with Crippen LogP contribution in [0.1, 0.15) is 0 Å². The molecule has 0 saturated carbocycles. The van der Waals surface area contributed by atoms with Crippen LogP contribution in [0.4, 0.5) is 0 Å². The molecule has 5 heterocycles. The highest BCUT2D eigenvalue weighted by Crippen LogP contribution is 2.53. The molecule has 0 atom stereocenters. The van der Waals surface area contributed by atoms with Crippen molar-refractivity contribution in [3.05, 3.63) is 249 Å². The summed E-state index contributed by atoms with van der Waals surface area (Å²) >= 11 is 1.73. The van der Waals surface area contributed by atoms with E-state index in [1.165, 1.54) is 54.1 Å². The molecular formula is C66H41N4OPS. The molecular weight excluding hydrogens is 928 g/mol. The van der Waals surface area contributed by atoms with E-state index in [2.05, 4.69) is 237 Å². The second-order valence-corrected chi connectivity index (χ2v) is 23.0. The average Bonchev–Trinajstić information content (AvgIpc) is 4.16. The standard InChI is InChI=1S/C66H41N4OPS/c71-72(46-22-8-3-9-23-46)63-34-32-44(69-57-30-16-12-26-49(57)53-38-51-47-24-10-14-28-55(47)67(59(51)40-61(53)69)42-18-4-1-5-19-42)36-65(63)73-66-37-45(33-35-64(66)72)70-58-31-17-13-27-50(58)54-39-52-48-25-11-15-29-56(48)68(60(52)41-62(54)70)43-20-6-2-7-21-43/h1-41H. The lowest BCUT2D eigenvalue weighted by atomic mass is 10.1. The number of benzene rings is 11. The maximum atomic E-state index is 16.5. The Balaban J connectivity index is 0.918. The van der Waals surface area contributed by atoms with Crippen molar-refractivity contribution in [3.63, 3.8) is 0 Å². The summed E-state index contributed by atoms with van der Waals surface area (Å²) in [5.74, 6) is 0. The van der Waals surface area contributed by atoms with E-state index in [-0.39, 0.29) is 0 Å². The van der Waals surface area contributed by atoms with E-state index in [0.29, 0.717) is 0 Å². The Kier molecular flexibility index (Phi) is 8.60. The van der Waals surface area contributed by atoms with E-state index in [1.54, 1.807) is 11.8 Å². The Labute approximate surface area is 423 Å². The number of hydrogen-bond donors (Lipinski definition) is 0. The molecule has 11 aromatic carbocycles. The van der Waals surface area contributed by atoms with Gasteiger partial charge in [-0.15, -0.1) is 0 Å². The summed E-state index contributed by atoms with van der Waals surface area (Å²) in [6, 6.07) is 89.1. The van der Waals surface area contributed by atoms with Crippen LogP contribution < -0.4 is 15.9 Å². The van der Waals surface area contributed by atoms with Crippen molar-refractivity contribution in [2.75, 3.05) is 0 Å². The highest BCUT2D eigenvalue weighted by atomic mass is 32.2. The van der Waals surface area contributed by atoms with E-state index >= 15 is 4.57 Å². The zero-order valence-electron chi connectivity index (χ0n) is 39.2. The van der Waals surface area contributed by atoms with Gasteiger partial charge in [0.15, 0.2) is 7.14 Å². The van der Waals surface area contributed by atoms with Gasteiger partial charge in [0.25, 0.3) is 0 Å².